The van der Waals surface area contributed by atoms with E-state index in [0.29, 0.717) is 25.2 Å². The first-order chi connectivity index (χ1) is 16.5. The number of aliphatic hydroxyl groups is 1. The zero-order chi connectivity index (χ0) is 23.5. The molecule has 34 heavy (non-hydrogen) atoms. The average molecular weight is 469 g/mol. The second-order valence-corrected chi connectivity index (χ2v) is 9.72. The van der Waals surface area contributed by atoms with Gasteiger partial charge in [0.05, 0.1) is 42.4 Å². The molecule has 1 saturated carbocycles. The van der Waals surface area contributed by atoms with Gasteiger partial charge in [0.25, 0.3) is 0 Å². The molecule has 1 aliphatic heterocycles. The highest BCUT2D eigenvalue weighted by Crippen LogP contribution is 2.33. The molecule has 3 heterocycles. The Balaban J connectivity index is 1.28. The van der Waals surface area contributed by atoms with Crippen LogP contribution in [0.15, 0.2) is 30.7 Å². The molecular formula is C25H36N6O3. The number of aromatic nitrogens is 4. The molecule has 2 aliphatic rings. The van der Waals surface area contributed by atoms with Crippen LogP contribution in [0.5, 0.6) is 5.75 Å². The maximum absolute atomic E-state index is 9.51. The molecule has 3 aromatic rings. The summed E-state index contributed by atoms with van der Waals surface area (Å²) in [5.41, 5.74) is 2.81. The molecule has 3 N–H and O–H groups in total. The molecule has 0 bridgehead atoms. The Kier molecular flexibility index (Phi) is 7.03. The molecule has 2 fully saturated rings. The van der Waals surface area contributed by atoms with E-state index < -0.39 is 0 Å². The minimum absolute atomic E-state index is 0.189. The summed E-state index contributed by atoms with van der Waals surface area (Å²) in [6, 6.07) is 6.85. The largest absolute Gasteiger partial charge is 0.490 e. The van der Waals surface area contributed by atoms with E-state index in [2.05, 4.69) is 21.7 Å². The van der Waals surface area contributed by atoms with Gasteiger partial charge >= 0.3 is 0 Å². The van der Waals surface area contributed by atoms with Crippen LogP contribution in [0.4, 0.5) is 11.5 Å². The van der Waals surface area contributed by atoms with Crippen molar-refractivity contribution in [3.63, 3.8) is 0 Å². The molecule has 0 spiro atoms. The van der Waals surface area contributed by atoms with Gasteiger partial charge in [-0.05, 0) is 45.4 Å². The molecule has 0 unspecified atom stereocenters. The van der Waals surface area contributed by atoms with Crippen LogP contribution in [0.3, 0.4) is 0 Å². The molecule has 0 radical (unpaired) electrons. The molecule has 1 aromatic carbocycles. The summed E-state index contributed by atoms with van der Waals surface area (Å²) in [4.78, 5) is 4.61. The lowest BCUT2D eigenvalue weighted by molar-refractivity contribution is 0.0550. The summed E-state index contributed by atoms with van der Waals surface area (Å²) in [6.45, 7) is 4.02. The third kappa shape index (κ3) is 5.37. The van der Waals surface area contributed by atoms with Crippen molar-refractivity contribution < 1.29 is 14.6 Å². The van der Waals surface area contributed by atoms with E-state index in [1.807, 2.05) is 47.9 Å². The van der Waals surface area contributed by atoms with Crippen molar-refractivity contribution in [3.8, 4) is 5.75 Å². The molecule has 1 aliphatic carbocycles. The van der Waals surface area contributed by atoms with Crippen LogP contribution in [0.25, 0.3) is 11.0 Å². The van der Waals surface area contributed by atoms with Crippen molar-refractivity contribution in [3.05, 3.63) is 30.7 Å². The fourth-order valence-corrected chi connectivity index (χ4v) is 4.96. The van der Waals surface area contributed by atoms with Crippen molar-refractivity contribution in [2.24, 2.45) is 7.05 Å². The van der Waals surface area contributed by atoms with Crippen molar-refractivity contribution in [2.45, 2.75) is 69.7 Å². The normalized spacial score (nSPS) is 24.3. The number of rotatable bonds is 8. The molecule has 9 nitrogen and oxygen atoms in total. The fraction of sp³-hybridized carbons (Fsp3) is 0.600. The SMILES string of the molecule is C[C@H](O)CNC1CCC(Oc2cc(Nc3ccn([C@H]4CCCOC4)n3)c3ncn(C)c3c2)CC1. The number of nitrogens with zero attached hydrogens (tertiary/aromatic N) is 4. The average Bonchev–Trinajstić information content (AvgIpc) is 3.46. The second-order valence-electron chi connectivity index (χ2n) is 9.72. The summed E-state index contributed by atoms with van der Waals surface area (Å²) >= 11 is 0. The Morgan fingerprint density at radius 2 is 2.09 bits per heavy atom. The van der Waals surface area contributed by atoms with Gasteiger partial charge in [-0.15, -0.1) is 0 Å². The molecular weight excluding hydrogens is 432 g/mol. The van der Waals surface area contributed by atoms with Gasteiger partial charge in [-0.3, -0.25) is 4.68 Å². The number of ether oxygens (including phenoxy) is 2. The number of hydrogen-bond acceptors (Lipinski definition) is 7. The van der Waals surface area contributed by atoms with Crippen LogP contribution in [0.2, 0.25) is 0 Å². The van der Waals surface area contributed by atoms with E-state index in [-0.39, 0.29) is 12.2 Å². The van der Waals surface area contributed by atoms with Crippen LogP contribution < -0.4 is 15.4 Å². The van der Waals surface area contributed by atoms with Crippen LogP contribution in [0, 0.1) is 0 Å². The lowest BCUT2D eigenvalue weighted by Crippen LogP contribution is -2.39. The smallest absolute Gasteiger partial charge is 0.152 e. The van der Waals surface area contributed by atoms with Crippen molar-refractivity contribution in [2.75, 3.05) is 25.1 Å². The second kappa shape index (κ2) is 10.3. The topological polar surface area (TPSA) is 98.4 Å². The van der Waals surface area contributed by atoms with Crippen LogP contribution in [-0.2, 0) is 11.8 Å². The monoisotopic (exact) mass is 468 g/mol. The Hall–Kier alpha value is -2.62. The van der Waals surface area contributed by atoms with Gasteiger partial charge in [-0.25, -0.2) is 4.98 Å². The standard InChI is InChI=1S/C25H36N6O3/c1-17(32)14-26-18-5-7-20(8-6-18)34-21-12-22(25-23(13-21)30(2)16-27-25)28-24-9-10-31(29-24)19-4-3-11-33-15-19/h9-10,12-13,16-20,26,32H,3-8,11,14-15H2,1-2H3,(H,28,29)/t17-,18?,19-,20?/m0/s1. The van der Waals surface area contributed by atoms with Crippen LogP contribution in [0.1, 0.15) is 51.5 Å². The molecule has 9 heteroatoms. The Morgan fingerprint density at radius 1 is 1.24 bits per heavy atom. The number of aryl methyl sites for hydroxylation is 1. The van der Waals surface area contributed by atoms with E-state index in [9.17, 15) is 5.11 Å². The quantitative estimate of drug-likeness (QED) is 0.465. The fourth-order valence-electron chi connectivity index (χ4n) is 4.96. The molecule has 184 valence electrons. The summed E-state index contributed by atoms with van der Waals surface area (Å²) in [5, 5.41) is 21.2. The number of nitrogens with one attached hydrogen (secondary N) is 2. The number of aliphatic hydroxyl groups excluding tert-OH is 1. The summed E-state index contributed by atoms with van der Waals surface area (Å²) < 4.78 is 16.1. The number of anilines is 2. The Morgan fingerprint density at radius 3 is 2.85 bits per heavy atom. The van der Waals surface area contributed by atoms with Gasteiger partial charge in [-0.2, -0.15) is 5.10 Å². The van der Waals surface area contributed by atoms with Gasteiger partial charge < -0.3 is 29.8 Å². The minimum atomic E-state index is -0.312. The van der Waals surface area contributed by atoms with Gasteiger partial charge in [0.1, 0.15) is 11.3 Å². The van der Waals surface area contributed by atoms with Crippen LogP contribution in [-0.4, -0.2) is 62.4 Å². The molecule has 2 aromatic heterocycles. The number of hydrogen-bond donors (Lipinski definition) is 3. The zero-order valence-electron chi connectivity index (χ0n) is 20.1. The first-order valence-corrected chi connectivity index (χ1v) is 12.5. The molecule has 0 amide bonds. The maximum Gasteiger partial charge on any atom is 0.152 e. The van der Waals surface area contributed by atoms with Crippen molar-refractivity contribution in [1.82, 2.24) is 24.6 Å². The maximum atomic E-state index is 9.51. The molecule has 1 saturated heterocycles. The number of benzene rings is 1. The first kappa shape index (κ1) is 23.1. The summed E-state index contributed by atoms with van der Waals surface area (Å²) in [6.07, 6.45) is 9.98. The van der Waals surface area contributed by atoms with Gasteiger partial charge in [0.2, 0.25) is 0 Å². The highest BCUT2D eigenvalue weighted by atomic mass is 16.5. The van der Waals surface area contributed by atoms with E-state index in [0.717, 1.165) is 73.4 Å². The third-order valence-electron chi connectivity index (χ3n) is 6.86. The lowest BCUT2D eigenvalue weighted by Gasteiger charge is -2.30. The molecule has 5 rings (SSSR count). The van der Waals surface area contributed by atoms with Crippen LogP contribution >= 0.6 is 0 Å². The number of fused-ring (bicyclic) bond motifs is 1. The lowest BCUT2D eigenvalue weighted by atomic mass is 9.93. The Bertz CT molecular complexity index is 1080. The van der Waals surface area contributed by atoms with Crippen molar-refractivity contribution >= 4 is 22.5 Å². The van der Waals surface area contributed by atoms with Gasteiger partial charge in [0.15, 0.2) is 5.82 Å². The minimum Gasteiger partial charge on any atom is -0.490 e. The van der Waals surface area contributed by atoms with Crippen molar-refractivity contribution in [1.29, 1.82) is 0 Å². The zero-order valence-corrected chi connectivity index (χ0v) is 20.1. The van der Waals surface area contributed by atoms with E-state index in [1.165, 1.54) is 0 Å². The summed E-state index contributed by atoms with van der Waals surface area (Å²) in [7, 11) is 2.00. The highest BCUT2D eigenvalue weighted by molar-refractivity contribution is 5.91. The highest BCUT2D eigenvalue weighted by Gasteiger charge is 2.23. The van der Waals surface area contributed by atoms with E-state index in [4.69, 9.17) is 14.6 Å². The van der Waals surface area contributed by atoms with Gasteiger partial charge in [-0.1, -0.05) is 0 Å². The first-order valence-electron chi connectivity index (χ1n) is 12.5. The van der Waals surface area contributed by atoms with E-state index >= 15 is 0 Å². The Labute approximate surface area is 200 Å². The predicted octanol–water partition coefficient (Wildman–Crippen LogP) is 3.53. The predicted molar refractivity (Wildman–Crippen MR) is 132 cm³/mol. The third-order valence-corrected chi connectivity index (χ3v) is 6.86. The number of imidazole rings is 1. The van der Waals surface area contributed by atoms with Gasteiger partial charge in [0, 0.05) is 50.6 Å². The molecule has 2 atom stereocenters. The summed E-state index contributed by atoms with van der Waals surface area (Å²) in [5.74, 6) is 1.64. The van der Waals surface area contributed by atoms with E-state index in [1.54, 1.807) is 0 Å².